The summed E-state index contributed by atoms with van der Waals surface area (Å²) in [6.07, 6.45) is 12.0. The molecule has 5 nitrogen and oxygen atoms in total. The summed E-state index contributed by atoms with van der Waals surface area (Å²) in [4.78, 5) is 28.9. The molecule has 0 spiro atoms. The number of para-hydroxylation sites is 1. The molecule has 4 saturated carbocycles. The molecule has 1 aromatic carbocycles. The van der Waals surface area contributed by atoms with Gasteiger partial charge < -0.3 is 15.5 Å². The lowest BCUT2D eigenvalue weighted by Crippen LogP contribution is -2.54. The Balaban J connectivity index is 1.09. The summed E-state index contributed by atoms with van der Waals surface area (Å²) in [7, 11) is 0. The van der Waals surface area contributed by atoms with E-state index in [9.17, 15) is 9.59 Å². The first kappa shape index (κ1) is 23.3. The maximum Gasteiger partial charge on any atom is 0.323 e. The van der Waals surface area contributed by atoms with E-state index in [4.69, 9.17) is 10.5 Å². The number of H-pyrrole nitrogens is 1. The lowest BCUT2D eigenvalue weighted by Gasteiger charge is -2.60. The normalized spacial score (nSPS) is 39.5. The van der Waals surface area contributed by atoms with Gasteiger partial charge in [-0.3, -0.25) is 9.59 Å². The number of nitrogens with one attached hydrogen (secondary N) is 1. The molecule has 35 heavy (non-hydrogen) atoms. The predicted octanol–water partition coefficient (Wildman–Crippen LogP) is 5.56. The van der Waals surface area contributed by atoms with Gasteiger partial charge in [-0.1, -0.05) is 32.0 Å². The van der Waals surface area contributed by atoms with Crippen LogP contribution in [0.3, 0.4) is 0 Å². The number of hydrogen-bond donors (Lipinski definition) is 2. The first-order chi connectivity index (χ1) is 16.8. The number of carbonyl (C=O) groups is 2. The number of nitrogens with two attached hydrogens (primary N) is 1. The Bertz CT molecular complexity index is 1140. The molecule has 0 saturated heterocycles. The lowest BCUT2D eigenvalue weighted by atomic mass is 9.45. The van der Waals surface area contributed by atoms with Crippen molar-refractivity contribution in [2.45, 2.75) is 90.2 Å². The molecule has 5 heteroatoms. The van der Waals surface area contributed by atoms with Crippen molar-refractivity contribution in [3.63, 3.8) is 0 Å². The van der Waals surface area contributed by atoms with Crippen LogP contribution in [-0.2, 0) is 20.7 Å². The van der Waals surface area contributed by atoms with Crippen LogP contribution >= 0.6 is 0 Å². The summed E-state index contributed by atoms with van der Waals surface area (Å²) in [6, 6.07) is 7.46. The maximum absolute atomic E-state index is 12.9. The summed E-state index contributed by atoms with van der Waals surface area (Å²) in [5, 5.41) is 1.12. The molecule has 1 unspecified atom stereocenters. The van der Waals surface area contributed by atoms with E-state index in [1.807, 2.05) is 24.4 Å². The average Bonchev–Trinajstić information content (AvgIpc) is 3.39. The van der Waals surface area contributed by atoms with Gasteiger partial charge in [-0.2, -0.15) is 0 Å². The van der Waals surface area contributed by atoms with Gasteiger partial charge in [0, 0.05) is 35.4 Å². The van der Waals surface area contributed by atoms with E-state index in [0.717, 1.165) is 55.0 Å². The van der Waals surface area contributed by atoms with Crippen molar-refractivity contribution in [3.8, 4) is 0 Å². The van der Waals surface area contributed by atoms with E-state index < -0.39 is 6.04 Å². The molecule has 0 amide bonds. The molecule has 8 atom stereocenters. The Morgan fingerprint density at radius 3 is 2.80 bits per heavy atom. The third kappa shape index (κ3) is 3.68. The third-order valence-electron chi connectivity index (χ3n) is 11.0. The summed E-state index contributed by atoms with van der Waals surface area (Å²) < 4.78 is 6.02. The Hall–Kier alpha value is -2.14. The Morgan fingerprint density at radius 1 is 1.11 bits per heavy atom. The first-order valence-electron chi connectivity index (χ1n) is 13.8. The van der Waals surface area contributed by atoms with Crippen LogP contribution in [0.25, 0.3) is 10.9 Å². The highest BCUT2D eigenvalue weighted by molar-refractivity contribution is 5.87. The fourth-order valence-corrected chi connectivity index (χ4v) is 8.97. The van der Waals surface area contributed by atoms with Crippen molar-refractivity contribution < 1.29 is 14.3 Å². The molecule has 2 aromatic rings. The van der Waals surface area contributed by atoms with Gasteiger partial charge in [0.05, 0.1) is 0 Å². The fourth-order valence-electron chi connectivity index (χ4n) is 8.97. The zero-order chi connectivity index (χ0) is 24.4. The number of benzene rings is 1. The molecule has 0 radical (unpaired) electrons. The van der Waals surface area contributed by atoms with E-state index >= 15 is 0 Å². The standard InChI is InChI=1S/C30H40N2O3/c1-29-13-11-20(35-28(34)25(31)15-18-17-32-26-6-4-3-5-21(18)26)16-19(29)7-8-22-23-9-10-27(33)30(23,2)14-12-24(22)29/h3-6,17,19-20,22-25,32H,7-16,31H2,1-2H3/t19?,20-,22-,23-,24-,25-,29-,30-/m0/s1. The number of aromatic nitrogens is 1. The average molecular weight is 477 g/mol. The van der Waals surface area contributed by atoms with Gasteiger partial charge in [0.2, 0.25) is 0 Å². The van der Waals surface area contributed by atoms with Gasteiger partial charge in [0.1, 0.15) is 17.9 Å². The number of ether oxygens (including phenoxy) is 1. The summed E-state index contributed by atoms with van der Waals surface area (Å²) in [6.45, 7) is 4.77. The fraction of sp³-hybridized carbons (Fsp3) is 0.667. The Kier molecular flexibility index (Phi) is 5.63. The summed E-state index contributed by atoms with van der Waals surface area (Å²) >= 11 is 0. The van der Waals surface area contributed by atoms with Gasteiger partial charge in [-0.25, -0.2) is 0 Å². The first-order valence-corrected chi connectivity index (χ1v) is 13.8. The van der Waals surface area contributed by atoms with Crippen molar-refractivity contribution in [2.24, 2.45) is 40.2 Å². The molecular formula is C30H40N2O3. The van der Waals surface area contributed by atoms with Crippen LogP contribution in [0.4, 0.5) is 0 Å². The predicted molar refractivity (Wildman–Crippen MR) is 137 cm³/mol. The van der Waals surface area contributed by atoms with E-state index in [2.05, 4.69) is 24.9 Å². The Morgan fingerprint density at radius 2 is 1.94 bits per heavy atom. The minimum absolute atomic E-state index is 0.0203. The second-order valence-corrected chi connectivity index (χ2v) is 12.6. The van der Waals surface area contributed by atoms with Crippen LogP contribution in [0.5, 0.6) is 0 Å². The van der Waals surface area contributed by atoms with Gasteiger partial charge in [-0.15, -0.1) is 0 Å². The van der Waals surface area contributed by atoms with Crippen LogP contribution in [0.2, 0.25) is 0 Å². The molecule has 4 fully saturated rings. The molecule has 3 N–H and O–H groups in total. The topological polar surface area (TPSA) is 85.2 Å². The number of fused-ring (bicyclic) bond motifs is 6. The summed E-state index contributed by atoms with van der Waals surface area (Å²) in [5.41, 5.74) is 8.70. The monoisotopic (exact) mass is 476 g/mol. The molecule has 6 rings (SSSR count). The number of ketones is 1. The van der Waals surface area contributed by atoms with Crippen LogP contribution < -0.4 is 5.73 Å². The van der Waals surface area contributed by atoms with Gasteiger partial charge >= 0.3 is 5.97 Å². The second-order valence-electron chi connectivity index (χ2n) is 12.6. The van der Waals surface area contributed by atoms with E-state index in [0.29, 0.717) is 41.3 Å². The molecular weight excluding hydrogens is 436 g/mol. The number of hydrogen-bond acceptors (Lipinski definition) is 4. The number of esters is 1. The van der Waals surface area contributed by atoms with Crippen LogP contribution in [-0.4, -0.2) is 28.9 Å². The van der Waals surface area contributed by atoms with Crippen molar-refractivity contribution in [3.05, 3.63) is 36.0 Å². The van der Waals surface area contributed by atoms with E-state index in [-0.39, 0.29) is 17.5 Å². The molecule has 4 aliphatic rings. The number of rotatable bonds is 4. The molecule has 0 aliphatic heterocycles. The lowest BCUT2D eigenvalue weighted by molar-refractivity contribution is -0.163. The molecule has 0 bridgehead atoms. The SMILES string of the molecule is C[C@]12CC[C@H](OC(=O)[C@@H](N)Cc3c[nH]c4ccccc34)CC1CC[C@@H]1[C@@H]2CC[C@]2(C)C(=O)CC[C@@H]12. The van der Waals surface area contributed by atoms with Crippen LogP contribution in [0, 0.1) is 34.5 Å². The van der Waals surface area contributed by atoms with Crippen molar-refractivity contribution in [2.75, 3.05) is 0 Å². The smallest absolute Gasteiger partial charge is 0.323 e. The highest BCUT2D eigenvalue weighted by atomic mass is 16.5. The number of carbonyl (C=O) groups excluding carboxylic acids is 2. The van der Waals surface area contributed by atoms with Crippen LogP contribution in [0.1, 0.15) is 77.2 Å². The minimum atomic E-state index is -0.644. The molecule has 188 valence electrons. The third-order valence-corrected chi connectivity index (χ3v) is 11.0. The van der Waals surface area contributed by atoms with Gasteiger partial charge in [-0.05, 0) is 92.1 Å². The summed E-state index contributed by atoms with van der Waals surface area (Å²) in [5.74, 6) is 2.85. The quantitative estimate of drug-likeness (QED) is 0.566. The van der Waals surface area contributed by atoms with E-state index in [1.54, 1.807) is 0 Å². The molecule has 1 aromatic heterocycles. The van der Waals surface area contributed by atoms with Gasteiger partial charge in [0.15, 0.2) is 0 Å². The highest BCUT2D eigenvalue weighted by Gasteiger charge is 2.60. The number of Topliss-reactive ketones (excluding diaryl/α,β-unsaturated/α-hetero) is 1. The minimum Gasteiger partial charge on any atom is -0.461 e. The van der Waals surface area contributed by atoms with Crippen molar-refractivity contribution >= 4 is 22.7 Å². The van der Waals surface area contributed by atoms with Crippen LogP contribution in [0.15, 0.2) is 30.5 Å². The number of aromatic amines is 1. The van der Waals surface area contributed by atoms with Crippen molar-refractivity contribution in [1.82, 2.24) is 4.98 Å². The zero-order valence-electron chi connectivity index (χ0n) is 21.2. The van der Waals surface area contributed by atoms with Crippen molar-refractivity contribution in [1.29, 1.82) is 0 Å². The van der Waals surface area contributed by atoms with E-state index in [1.165, 1.54) is 19.3 Å². The largest absolute Gasteiger partial charge is 0.461 e. The zero-order valence-corrected chi connectivity index (χ0v) is 21.2. The molecule has 1 heterocycles. The van der Waals surface area contributed by atoms with Gasteiger partial charge in [0.25, 0.3) is 0 Å². The Labute approximate surface area is 208 Å². The second kappa shape index (κ2) is 8.47. The maximum atomic E-state index is 12.9. The molecule has 4 aliphatic carbocycles. The highest BCUT2D eigenvalue weighted by Crippen LogP contribution is 2.65.